The molecule has 8 aromatic carbocycles. The van der Waals surface area contributed by atoms with E-state index in [4.69, 9.17) is 19.4 Å². The lowest BCUT2D eigenvalue weighted by Gasteiger charge is -2.15. The summed E-state index contributed by atoms with van der Waals surface area (Å²) in [6.07, 6.45) is 0. The number of para-hydroxylation sites is 4. The number of hydrogen-bond acceptors (Lipinski definition) is 5. The molecule has 4 heterocycles. The van der Waals surface area contributed by atoms with Gasteiger partial charge in [0.1, 0.15) is 5.58 Å². The smallest absolute Gasteiger partial charge is 0.166 e. The first-order valence-corrected chi connectivity index (χ1v) is 19.5. The minimum atomic E-state index is 0.474. The quantitative estimate of drug-likeness (QED) is 0.175. The summed E-state index contributed by atoms with van der Waals surface area (Å²) in [6.45, 7) is 0. The summed E-state index contributed by atoms with van der Waals surface area (Å²) in [5.41, 5.74) is 10.7. The lowest BCUT2D eigenvalue weighted by Crippen LogP contribution is -2.04. The van der Waals surface area contributed by atoms with E-state index in [1.54, 1.807) is 0 Å². The van der Waals surface area contributed by atoms with Crippen molar-refractivity contribution in [2.45, 2.75) is 0 Å². The predicted octanol–water partition coefficient (Wildman–Crippen LogP) is 12.8. The zero-order valence-corrected chi connectivity index (χ0v) is 31.4. The third-order valence-corrected chi connectivity index (χ3v) is 11.4. The van der Waals surface area contributed by atoms with E-state index in [0.717, 1.165) is 93.6 Å². The van der Waals surface area contributed by atoms with E-state index in [9.17, 15) is 5.26 Å². The van der Waals surface area contributed by atoms with Gasteiger partial charge in [-0.05, 0) is 48.5 Å². The number of nitriles is 1. The molecule has 0 aliphatic heterocycles. The van der Waals surface area contributed by atoms with Crippen LogP contribution in [0.2, 0.25) is 0 Å². The fraction of sp³-hybridized carbons (Fsp3) is 0. The van der Waals surface area contributed by atoms with Crippen molar-refractivity contribution < 1.29 is 4.42 Å². The molecule has 0 atom stereocenters. The molecule has 0 aliphatic rings. The topological polar surface area (TPSA) is 85.5 Å². The Morgan fingerprint density at radius 3 is 1.78 bits per heavy atom. The second-order valence-corrected chi connectivity index (χ2v) is 14.7. The van der Waals surface area contributed by atoms with Gasteiger partial charge in [0.2, 0.25) is 0 Å². The van der Waals surface area contributed by atoms with Gasteiger partial charge in [-0.2, -0.15) is 5.26 Å². The third-order valence-electron chi connectivity index (χ3n) is 11.4. The van der Waals surface area contributed by atoms with E-state index in [1.165, 1.54) is 0 Å². The van der Waals surface area contributed by atoms with Gasteiger partial charge in [0.05, 0.1) is 45.1 Å². The summed E-state index contributed by atoms with van der Waals surface area (Å²) in [7, 11) is 0. The second kappa shape index (κ2) is 12.8. The van der Waals surface area contributed by atoms with E-state index in [-0.39, 0.29) is 0 Å². The lowest BCUT2D eigenvalue weighted by atomic mass is 10.1. The summed E-state index contributed by atoms with van der Waals surface area (Å²) in [5, 5.41) is 16.9. The highest BCUT2D eigenvalue weighted by Gasteiger charge is 2.25. The highest BCUT2D eigenvalue weighted by molar-refractivity contribution is 6.26. The van der Waals surface area contributed by atoms with Gasteiger partial charge in [0.15, 0.2) is 23.1 Å². The van der Waals surface area contributed by atoms with Crippen LogP contribution >= 0.6 is 0 Å². The normalized spacial score (nSPS) is 11.7. The summed E-state index contributed by atoms with van der Waals surface area (Å²) in [5.74, 6) is 1.58. The Hall–Kier alpha value is -8.34. The Labute approximate surface area is 337 Å². The van der Waals surface area contributed by atoms with Gasteiger partial charge >= 0.3 is 0 Å². The van der Waals surface area contributed by atoms with Gasteiger partial charge in [-0.3, -0.25) is 0 Å². The molecular weight excluding hydrogens is 725 g/mol. The van der Waals surface area contributed by atoms with Crippen molar-refractivity contribution in [3.05, 3.63) is 188 Å². The minimum Gasteiger partial charge on any atom is -0.454 e. The maximum atomic E-state index is 10.3. The summed E-state index contributed by atoms with van der Waals surface area (Å²) >= 11 is 0. The molecule has 0 bridgehead atoms. The Morgan fingerprint density at radius 1 is 0.441 bits per heavy atom. The molecular formula is C52H30N6O. The molecule has 4 aromatic heterocycles. The highest BCUT2D eigenvalue weighted by Crippen LogP contribution is 2.45. The van der Waals surface area contributed by atoms with E-state index in [0.29, 0.717) is 23.0 Å². The van der Waals surface area contributed by atoms with Crippen LogP contribution in [0.15, 0.2) is 186 Å². The zero-order chi connectivity index (χ0) is 39.0. The van der Waals surface area contributed by atoms with Crippen molar-refractivity contribution in [3.63, 3.8) is 0 Å². The SMILES string of the molecule is N#Cc1ccc(-n2c3ccccc3c3ccc4c(c5ccccc5n4-c4cccc5c4oc4ccccc45)c32)c(-c2nc(-c3ccccc3)nc(-c3ccccc3)n2)c1. The van der Waals surface area contributed by atoms with E-state index >= 15 is 0 Å². The Morgan fingerprint density at radius 2 is 1.05 bits per heavy atom. The van der Waals surface area contributed by atoms with Crippen LogP contribution in [-0.4, -0.2) is 24.1 Å². The Bertz CT molecular complexity index is 3630. The molecule has 12 aromatic rings. The molecule has 0 N–H and O–H groups in total. The molecule has 0 spiro atoms. The molecule has 0 unspecified atom stereocenters. The summed E-state index contributed by atoms with van der Waals surface area (Å²) in [4.78, 5) is 15.3. The van der Waals surface area contributed by atoms with E-state index in [1.807, 2.05) is 91.0 Å². The molecule has 12 rings (SSSR count). The molecule has 0 radical (unpaired) electrons. The molecule has 0 fully saturated rings. The zero-order valence-electron chi connectivity index (χ0n) is 31.4. The molecule has 59 heavy (non-hydrogen) atoms. The average Bonchev–Trinajstić information content (AvgIpc) is 3.97. The first-order valence-electron chi connectivity index (χ1n) is 19.5. The molecule has 0 aliphatic carbocycles. The number of hydrogen-bond donors (Lipinski definition) is 0. The van der Waals surface area contributed by atoms with E-state index < -0.39 is 0 Å². The molecule has 0 saturated heterocycles. The van der Waals surface area contributed by atoms with Gasteiger partial charge in [0.25, 0.3) is 0 Å². The van der Waals surface area contributed by atoms with E-state index in [2.05, 4.69) is 106 Å². The Kier molecular flexibility index (Phi) is 7.16. The standard InChI is InChI=1S/C52H30N6O/c53-31-32-26-28-43(40(30-32)52-55-50(33-14-3-1-4-15-33)54-51(56-52)34-16-5-2-6-17-34)58-41-22-10-7-18-35(41)37-27-29-44-47(48(37)58)39-20-8-11-23-42(39)57(44)45-24-13-21-38-36-19-9-12-25-46(36)59-49(38)45/h1-30H. The first kappa shape index (κ1) is 32.9. The predicted molar refractivity (Wildman–Crippen MR) is 237 cm³/mol. The van der Waals surface area contributed by atoms with Crippen molar-refractivity contribution in [1.82, 2.24) is 24.1 Å². The second-order valence-electron chi connectivity index (χ2n) is 14.7. The minimum absolute atomic E-state index is 0.474. The maximum absolute atomic E-state index is 10.3. The van der Waals surface area contributed by atoms with Gasteiger partial charge in [-0.15, -0.1) is 0 Å². The van der Waals surface area contributed by atoms with Crippen molar-refractivity contribution in [2.24, 2.45) is 0 Å². The molecule has 0 amide bonds. The van der Waals surface area contributed by atoms with Crippen molar-refractivity contribution in [2.75, 3.05) is 0 Å². The molecule has 274 valence electrons. The Balaban J connectivity index is 1.20. The lowest BCUT2D eigenvalue weighted by molar-refractivity contribution is 0.666. The van der Waals surface area contributed by atoms with Crippen LogP contribution in [0.25, 0.3) is 111 Å². The van der Waals surface area contributed by atoms with Crippen LogP contribution in [0, 0.1) is 11.3 Å². The monoisotopic (exact) mass is 754 g/mol. The number of aromatic nitrogens is 5. The highest BCUT2D eigenvalue weighted by atomic mass is 16.3. The molecule has 7 nitrogen and oxygen atoms in total. The number of furan rings is 1. The van der Waals surface area contributed by atoms with Crippen LogP contribution in [0.5, 0.6) is 0 Å². The first-order chi connectivity index (χ1) is 29.2. The number of benzene rings is 8. The molecule has 7 heteroatoms. The van der Waals surface area contributed by atoms with Crippen LogP contribution in [0.4, 0.5) is 0 Å². The number of fused-ring (bicyclic) bond motifs is 10. The number of rotatable bonds is 5. The third kappa shape index (κ3) is 4.97. The molecule has 0 saturated carbocycles. The fourth-order valence-electron chi connectivity index (χ4n) is 8.84. The van der Waals surface area contributed by atoms with Crippen molar-refractivity contribution >= 4 is 65.6 Å². The van der Waals surface area contributed by atoms with Gasteiger partial charge < -0.3 is 13.6 Å². The van der Waals surface area contributed by atoms with Crippen molar-refractivity contribution in [1.29, 1.82) is 5.26 Å². The summed E-state index contributed by atoms with van der Waals surface area (Å²) < 4.78 is 11.3. The van der Waals surface area contributed by atoms with Gasteiger partial charge in [0, 0.05) is 49.0 Å². The fourth-order valence-corrected chi connectivity index (χ4v) is 8.84. The maximum Gasteiger partial charge on any atom is 0.166 e. The number of nitrogens with zero attached hydrogens (tertiary/aromatic N) is 6. The van der Waals surface area contributed by atoms with Crippen molar-refractivity contribution in [3.8, 4) is 51.6 Å². The van der Waals surface area contributed by atoms with Crippen LogP contribution in [0.1, 0.15) is 5.56 Å². The summed E-state index contributed by atoms with van der Waals surface area (Å²) in [6, 6.07) is 64.3. The van der Waals surface area contributed by atoms with Gasteiger partial charge in [-0.1, -0.05) is 133 Å². The van der Waals surface area contributed by atoms with Gasteiger partial charge in [-0.25, -0.2) is 15.0 Å². The van der Waals surface area contributed by atoms with Crippen LogP contribution in [0.3, 0.4) is 0 Å². The average molecular weight is 755 g/mol. The van der Waals surface area contributed by atoms with Crippen LogP contribution < -0.4 is 0 Å². The largest absolute Gasteiger partial charge is 0.454 e. The van der Waals surface area contributed by atoms with Crippen LogP contribution in [-0.2, 0) is 0 Å².